The number of nitrogens with zero attached hydrogens (tertiary/aromatic N) is 2. The molecule has 98 valence electrons. The Kier molecular flexibility index (Phi) is 4.49. The quantitative estimate of drug-likeness (QED) is 0.620. The topological polar surface area (TPSA) is 61.3 Å². The summed E-state index contributed by atoms with van der Waals surface area (Å²) in [5.41, 5.74) is 0.823. The number of esters is 1. The van der Waals surface area contributed by atoms with Crippen LogP contribution in [0.5, 0.6) is 0 Å². The van der Waals surface area contributed by atoms with E-state index in [1.54, 1.807) is 6.92 Å². The number of carbonyl (C=O) groups excluding carboxylic acids is 1. The third-order valence-corrected chi connectivity index (χ3v) is 2.98. The average Bonchev–Trinajstić information content (AvgIpc) is 2.92. The van der Waals surface area contributed by atoms with Gasteiger partial charge in [-0.15, -0.1) is 11.6 Å². The van der Waals surface area contributed by atoms with Gasteiger partial charge in [-0.3, -0.25) is 0 Å². The molecule has 0 saturated carbocycles. The van der Waals surface area contributed by atoms with Crippen molar-refractivity contribution in [2.45, 2.75) is 31.7 Å². The molecule has 18 heavy (non-hydrogen) atoms. The van der Waals surface area contributed by atoms with E-state index in [4.69, 9.17) is 21.1 Å². The van der Waals surface area contributed by atoms with Gasteiger partial charge < -0.3 is 9.47 Å². The van der Waals surface area contributed by atoms with Crippen molar-refractivity contribution in [3.63, 3.8) is 0 Å². The molecule has 1 aromatic heterocycles. The van der Waals surface area contributed by atoms with Gasteiger partial charge in [0.25, 0.3) is 0 Å². The van der Waals surface area contributed by atoms with Crippen LogP contribution in [0.1, 0.15) is 47.7 Å². The van der Waals surface area contributed by atoms with Gasteiger partial charge in [-0.25, -0.2) is 14.8 Å². The van der Waals surface area contributed by atoms with Gasteiger partial charge in [0.1, 0.15) is 11.7 Å². The second-order valence-corrected chi connectivity index (χ2v) is 4.21. The van der Waals surface area contributed by atoms with Crippen LogP contribution in [0, 0.1) is 0 Å². The minimum Gasteiger partial charge on any atom is -0.462 e. The highest BCUT2D eigenvalue weighted by Gasteiger charge is 2.23. The number of aromatic nitrogens is 2. The van der Waals surface area contributed by atoms with Crippen molar-refractivity contribution in [2.75, 3.05) is 13.2 Å². The molecular formula is C12H15ClN2O3. The lowest BCUT2D eigenvalue weighted by Crippen LogP contribution is -2.13. The van der Waals surface area contributed by atoms with Gasteiger partial charge in [0.2, 0.25) is 0 Å². The lowest BCUT2D eigenvalue weighted by molar-refractivity contribution is 0.0523. The summed E-state index contributed by atoms with van der Waals surface area (Å²) in [5.74, 6) is 0.305. The number of ether oxygens (including phenoxy) is 2. The van der Waals surface area contributed by atoms with Crippen molar-refractivity contribution in [1.29, 1.82) is 0 Å². The second kappa shape index (κ2) is 6.11. The third kappa shape index (κ3) is 2.79. The second-order valence-electron chi connectivity index (χ2n) is 3.94. The minimum atomic E-state index is -0.438. The Morgan fingerprint density at radius 2 is 2.50 bits per heavy atom. The van der Waals surface area contributed by atoms with E-state index in [9.17, 15) is 4.79 Å². The first-order chi connectivity index (χ1) is 8.76. The van der Waals surface area contributed by atoms with Crippen LogP contribution in [0.2, 0.25) is 0 Å². The molecule has 1 saturated heterocycles. The van der Waals surface area contributed by atoms with Gasteiger partial charge in [0, 0.05) is 12.8 Å². The molecule has 0 radical (unpaired) electrons. The number of hydrogen-bond donors (Lipinski definition) is 0. The number of halogens is 1. The Labute approximate surface area is 110 Å². The van der Waals surface area contributed by atoms with Crippen molar-refractivity contribution >= 4 is 17.6 Å². The fraction of sp³-hybridized carbons (Fsp3) is 0.583. The molecule has 2 heterocycles. The maximum absolute atomic E-state index is 11.7. The van der Waals surface area contributed by atoms with Crippen molar-refractivity contribution in [3.8, 4) is 0 Å². The summed E-state index contributed by atoms with van der Waals surface area (Å²) in [6.07, 6.45) is 3.30. The summed E-state index contributed by atoms with van der Waals surface area (Å²) >= 11 is 5.82. The lowest BCUT2D eigenvalue weighted by atomic mass is 10.2. The first kappa shape index (κ1) is 13.2. The van der Waals surface area contributed by atoms with Gasteiger partial charge in [-0.05, 0) is 19.8 Å². The number of carbonyl (C=O) groups is 1. The molecule has 0 amide bonds. The third-order valence-electron chi connectivity index (χ3n) is 2.73. The Hall–Kier alpha value is -1.20. The Morgan fingerprint density at radius 3 is 3.11 bits per heavy atom. The zero-order valence-corrected chi connectivity index (χ0v) is 10.9. The fourth-order valence-corrected chi connectivity index (χ4v) is 2.05. The van der Waals surface area contributed by atoms with Crippen molar-refractivity contribution in [3.05, 3.63) is 23.3 Å². The molecule has 5 nitrogen and oxygen atoms in total. The van der Waals surface area contributed by atoms with Crippen LogP contribution in [-0.4, -0.2) is 29.2 Å². The molecule has 0 aromatic carbocycles. The van der Waals surface area contributed by atoms with Gasteiger partial charge in [-0.1, -0.05) is 0 Å². The molecule has 0 bridgehead atoms. The van der Waals surface area contributed by atoms with Crippen LogP contribution in [0.3, 0.4) is 0 Å². The molecule has 0 spiro atoms. The molecule has 2 rings (SSSR count). The van der Waals surface area contributed by atoms with E-state index >= 15 is 0 Å². The van der Waals surface area contributed by atoms with Crippen LogP contribution in [0.15, 0.2) is 6.20 Å². The van der Waals surface area contributed by atoms with Crippen molar-refractivity contribution in [2.24, 2.45) is 0 Å². The highest BCUT2D eigenvalue weighted by molar-refractivity contribution is 6.17. The van der Waals surface area contributed by atoms with E-state index in [1.807, 2.05) is 0 Å². The molecule has 1 aromatic rings. The first-order valence-corrected chi connectivity index (χ1v) is 6.50. The molecule has 1 aliphatic heterocycles. The summed E-state index contributed by atoms with van der Waals surface area (Å²) in [6.45, 7) is 2.79. The monoisotopic (exact) mass is 270 g/mol. The molecule has 1 atom stereocenters. The van der Waals surface area contributed by atoms with Crippen molar-refractivity contribution < 1.29 is 14.3 Å². The minimum absolute atomic E-state index is 0.0804. The zero-order chi connectivity index (χ0) is 13.0. The van der Waals surface area contributed by atoms with Crippen LogP contribution >= 0.6 is 11.6 Å². The standard InChI is InChI=1S/C12H15ClN2O3/c1-2-17-12(16)8-7-14-11(15-9(8)6-13)10-4-3-5-18-10/h7,10H,2-6H2,1H3. The van der Waals surface area contributed by atoms with Crippen LogP contribution in [0.25, 0.3) is 0 Å². The van der Waals surface area contributed by atoms with E-state index in [0.29, 0.717) is 23.7 Å². The van der Waals surface area contributed by atoms with Crippen LogP contribution < -0.4 is 0 Å². The Morgan fingerprint density at radius 1 is 1.67 bits per heavy atom. The van der Waals surface area contributed by atoms with E-state index in [-0.39, 0.29) is 12.0 Å². The summed E-state index contributed by atoms with van der Waals surface area (Å²) in [6, 6.07) is 0. The van der Waals surface area contributed by atoms with E-state index < -0.39 is 5.97 Å². The number of rotatable bonds is 4. The molecule has 6 heteroatoms. The first-order valence-electron chi connectivity index (χ1n) is 5.96. The highest BCUT2D eigenvalue weighted by Crippen LogP contribution is 2.26. The van der Waals surface area contributed by atoms with Crippen molar-refractivity contribution in [1.82, 2.24) is 9.97 Å². The maximum atomic E-state index is 11.7. The largest absolute Gasteiger partial charge is 0.462 e. The average molecular weight is 271 g/mol. The fourth-order valence-electron chi connectivity index (χ4n) is 1.85. The molecular weight excluding hydrogens is 256 g/mol. The summed E-state index contributed by atoms with van der Waals surface area (Å²) in [5, 5.41) is 0. The number of hydrogen-bond acceptors (Lipinski definition) is 5. The summed E-state index contributed by atoms with van der Waals surface area (Å²) < 4.78 is 10.4. The van der Waals surface area contributed by atoms with Gasteiger partial charge in [-0.2, -0.15) is 0 Å². The molecule has 0 N–H and O–H groups in total. The van der Waals surface area contributed by atoms with Crippen LogP contribution in [0.4, 0.5) is 0 Å². The smallest absolute Gasteiger partial charge is 0.341 e. The maximum Gasteiger partial charge on any atom is 0.341 e. The molecule has 1 aliphatic rings. The highest BCUT2D eigenvalue weighted by atomic mass is 35.5. The number of alkyl halides is 1. The van der Waals surface area contributed by atoms with E-state index in [1.165, 1.54) is 6.20 Å². The van der Waals surface area contributed by atoms with E-state index in [2.05, 4.69) is 9.97 Å². The predicted molar refractivity (Wildman–Crippen MR) is 65.5 cm³/mol. The summed E-state index contributed by atoms with van der Waals surface area (Å²) in [4.78, 5) is 20.1. The molecule has 1 unspecified atom stereocenters. The molecule has 0 aliphatic carbocycles. The summed E-state index contributed by atoms with van der Waals surface area (Å²) in [7, 11) is 0. The molecule has 1 fully saturated rings. The van der Waals surface area contributed by atoms with Gasteiger partial charge in [0.15, 0.2) is 5.82 Å². The Balaban J connectivity index is 2.24. The SMILES string of the molecule is CCOC(=O)c1cnc(C2CCCO2)nc1CCl. The van der Waals surface area contributed by atoms with Gasteiger partial charge >= 0.3 is 5.97 Å². The zero-order valence-electron chi connectivity index (χ0n) is 10.2. The normalized spacial score (nSPS) is 18.9. The lowest BCUT2D eigenvalue weighted by Gasteiger charge is -2.11. The van der Waals surface area contributed by atoms with E-state index in [0.717, 1.165) is 19.4 Å². The Bertz CT molecular complexity index is 433. The predicted octanol–water partition coefficient (Wildman–Crippen LogP) is 2.24. The van der Waals surface area contributed by atoms with Crippen LogP contribution in [-0.2, 0) is 15.4 Å². The van der Waals surface area contributed by atoms with Gasteiger partial charge in [0.05, 0.1) is 18.2 Å².